The van der Waals surface area contributed by atoms with Gasteiger partial charge in [-0.2, -0.15) is 0 Å². The second-order valence-corrected chi connectivity index (χ2v) is 6.05. The van der Waals surface area contributed by atoms with Crippen molar-refractivity contribution in [3.63, 3.8) is 0 Å². The van der Waals surface area contributed by atoms with Gasteiger partial charge in [-0.1, -0.05) is 25.7 Å². The highest BCUT2D eigenvalue weighted by molar-refractivity contribution is 5.90. The maximum absolute atomic E-state index is 11.7. The Hall–Kier alpha value is -1.05. The number of hydrogen-bond donors (Lipinski definition) is 0. The zero-order chi connectivity index (χ0) is 12.0. The smallest absolute Gasteiger partial charge is 0.334 e. The standard InChI is InChI=1S/C15H20O2/c1-10-11-7-5-3-4-6-8-15(2)9-12(15)13(11)17-14(10)16/h3-4,11-13H,1,5-9H2,2H3/b4-3+/t11-,12-,13-,15-/m0/s1. The molecule has 0 aromatic heterocycles. The molecule has 92 valence electrons. The molecule has 3 aliphatic rings. The van der Waals surface area contributed by atoms with Gasteiger partial charge in [-0.15, -0.1) is 0 Å². The van der Waals surface area contributed by atoms with E-state index in [1.54, 1.807) is 0 Å². The Morgan fingerprint density at radius 1 is 1.41 bits per heavy atom. The average Bonchev–Trinajstić information content (AvgIpc) is 2.89. The number of hydrogen-bond acceptors (Lipinski definition) is 2. The van der Waals surface area contributed by atoms with Crippen molar-refractivity contribution in [2.24, 2.45) is 17.3 Å². The summed E-state index contributed by atoms with van der Waals surface area (Å²) in [5.41, 5.74) is 1.10. The van der Waals surface area contributed by atoms with Gasteiger partial charge in [-0.25, -0.2) is 4.79 Å². The highest BCUT2D eigenvalue weighted by Crippen LogP contribution is 2.61. The third-order valence-electron chi connectivity index (χ3n) is 4.86. The molecule has 0 aromatic carbocycles. The summed E-state index contributed by atoms with van der Waals surface area (Å²) in [6, 6.07) is 0. The van der Waals surface area contributed by atoms with E-state index < -0.39 is 0 Å². The van der Waals surface area contributed by atoms with E-state index >= 15 is 0 Å². The molecule has 2 fully saturated rings. The maximum atomic E-state index is 11.7. The van der Waals surface area contributed by atoms with Crippen molar-refractivity contribution in [2.45, 2.75) is 45.1 Å². The second kappa shape index (κ2) is 3.72. The second-order valence-electron chi connectivity index (χ2n) is 6.05. The molecule has 1 saturated heterocycles. The van der Waals surface area contributed by atoms with E-state index in [4.69, 9.17) is 4.74 Å². The highest BCUT2D eigenvalue weighted by atomic mass is 16.6. The van der Waals surface area contributed by atoms with E-state index in [1.807, 2.05) is 0 Å². The summed E-state index contributed by atoms with van der Waals surface area (Å²) in [5.74, 6) is 0.678. The number of carbonyl (C=O) groups excluding carboxylic acids is 1. The molecule has 0 aromatic rings. The predicted octanol–water partition coefficient (Wildman–Crippen LogP) is 3.24. The van der Waals surface area contributed by atoms with Gasteiger partial charge < -0.3 is 4.74 Å². The fraction of sp³-hybridized carbons (Fsp3) is 0.667. The molecule has 0 spiro atoms. The summed E-state index contributed by atoms with van der Waals surface area (Å²) in [4.78, 5) is 11.7. The van der Waals surface area contributed by atoms with Crippen LogP contribution in [-0.2, 0) is 9.53 Å². The van der Waals surface area contributed by atoms with E-state index in [2.05, 4.69) is 25.7 Å². The first-order valence-electron chi connectivity index (χ1n) is 6.66. The molecule has 1 heterocycles. The predicted molar refractivity (Wildman–Crippen MR) is 66.3 cm³/mol. The van der Waals surface area contributed by atoms with Gasteiger partial charge in [0.2, 0.25) is 0 Å². The number of rotatable bonds is 0. The minimum Gasteiger partial charge on any atom is -0.458 e. The molecule has 2 nitrogen and oxygen atoms in total. The topological polar surface area (TPSA) is 26.3 Å². The fourth-order valence-corrected chi connectivity index (χ4v) is 3.50. The summed E-state index contributed by atoms with van der Waals surface area (Å²) in [5, 5.41) is 0. The van der Waals surface area contributed by atoms with Crippen LogP contribution in [-0.4, -0.2) is 12.1 Å². The van der Waals surface area contributed by atoms with Gasteiger partial charge in [-0.05, 0) is 37.5 Å². The van der Waals surface area contributed by atoms with E-state index in [9.17, 15) is 4.79 Å². The molecule has 0 amide bonds. The van der Waals surface area contributed by atoms with Gasteiger partial charge in [0.1, 0.15) is 6.10 Å². The summed E-state index contributed by atoms with van der Waals surface area (Å²) in [6.07, 6.45) is 10.3. The zero-order valence-corrected chi connectivity index (χ0v) is 10.4. The molecule has 1 saturated carbocycles. The SMILES string of the molecule is C=C1C(=O)O[C@H]2[C@H]1CC/C=C/CC[C@@]1(C)C[C@@H]21. The molecule has 0 N–H and O–H groups in total. The van der Waals surface area contributed by atoms with Gasteiger partial charge in [-0.3, -0.25) is 0 Å². The minimum absolute atomic E-state index is 0.117. The summed E-state index contributed by atoms with van der Waals surface area (Å²) in [6.45, 7) is 6.26. The first-order chi connectivity index (χ1) is 8.12. The van der Waals surface area contributed by atoms with Crippen LogP contribution in [0, 0.1) is 17.3 Å². The summed E-state index contributed by atoms with van der Waals surface area (Å²) >= 11 is 0. The Labute approximate surface area is 103 Å². The Balaban J connectivity index is 1.86. The molecule has 17 heavy (non-hydrogen) atoms. The Bertz CT molecular complexity index is 396. The monoisotopic (exact) mass is 232 g/mol. The quantitative estimate of drug-likeness (QED) is 0.364. The van der Waals surface area contributed by atoms with E-state index in [0.717, 1.165) is 12.8 Å². The Morgan fingerprint density at radius 3 is 3.00 bits per heavy atom. The van der Waals surface area contributed by atoms with Crippen LogP contribution < -0.4 is 0 Å². The van der Waals surface area contributed by atoms with E-state index in [1.165, 1.54) is 19.3 Å². The first kappa shape index (κ1) is 11.1. The lowest BCUT2D eigenvalue weighted by Crippen LogP contribution is -2.22. The fourth-order valence-electron chi connectivity index (χ4n) is 3.50. The molecule has 4 atom stereocenters. The number of fused-ring (bicyclic) bond motifs is 3. The van der Waals surface area contributed by atoms with Crippen molar-refractivity contribution in [3.05, 3.63) is 24.3 Å². The maximum Gasteiger partial charge on any atom is 0.334 e. The summed E-state index contributed by atoms with van der Waals surface area (Å²) < 4.78 is 5.57. The molecule has 3 rings (SSSR count). The summed E-state index contributed by atoms with van der Waals surface area (Å²) in [7, 11) is 0. The van der Waals surface area contributed by atoms with Crippen LogP contribution in [0.2, 0.25) is 0 Å². The van der Waals surface area contributed by atoms with Crippen LogP contribution in [0.15, 0.2) is 24.3 Å². The normalized spacial score (nSPS) is 46.8. The lowest BCUT2D eigenvalue weighted by Gasteiger charge is -2.21. The van der Waals surface area contributed by atoms with Crippen molar-refractivity contribution >= 4 is 5.97 Å². The van der Waals surface area contributed by atoms with Gasteiger partial charge in [0.25, 0.3) is 0 Å². The van der Waals surface area contributed by atoms with Gasteiger partial charge in [0.15, 0.2) is 0 Å². The third kappa shape index (κ3) is 1.74. The molecule has 1 aliphatic heterocycles. The van der Waals surface area contributed by atoms with Gasteiger partial charge in [0, 0.05) is 17.4 Å². The number of allylic oxidation sites excluding steroid dienone is 2. The molecule has 0 unspecified atom stereocenters. The average molecular weight is 232 g/mol. The van der Waals surface area contributed by atoms with Crippen LogP contribution in [0.1, 0.15) is 39.0 Å². The van der Waals surface area contributed by atoms with Crippen LogP contribution >= 0.6 is 0 Å². The van der Waals surface area contributed by atoms with Crippen molar-refractivity contribution in [1.29, 1.82) is 0 Å². The lowest BCUT2D eigenvalue weighted by atomic mass is 9.85. The van der Waals surface area contributed by atoms with Gasteiger partial charge in [0.05, 0.1) is 0 Å². The van der Waals surface area contributed by atoms with E-state index in [-0.39, 0.29) is 18.0 Å². The van der Waals surface area contributed by atoms with Crippen molar-refractivity contribution < 1.29 is 9.53 Å². The molecule has 0 radical (unpaired) electrons. The molecule has 0 bridgehead atoms. The van der Waals surface area contributed by atoms with E-state index in [0.29, 0.717) is 16.9 Å². The van der Waals surface area contributed by atoms with Crippen LogP contribution in [0.3, 0.4) is 0 Å². The van der Waals surface area contributed by atoms with Crippen LogP contribution in [0.4, 0.5) is 0 Å². The van der Waals surface area contributed by atoms with Crippen molar-refractivity contribution in [2.75, 3.05) is 0 Å². The Morgan fingerprint density at radius 2 is 2.18 bits per heavy atom. The number of carbonyl (C=O) groups is 1. The van der Waals surface area contributed by atoms with Gasteiger partial charge >= 0.3 is 5.97 Å². The highest BCUT2D eigenvalue weighted by Gasteiger charge is 2.58. The van der Waals surface area contributed by atoms with Crippen molar-refractivity contribution in [1.82, 2.24) is 0 Å². The Kier molecular flexibility index (Phi) is 2.42. The largest absolute Gasteiger partial charge is 0.458 e. The first-order valence-corrected chi connectivity index (χ1v) is 6.66. The molecular formula is C15H20O2. The van der Waals surface area contributed by atoms with Crippen molar-refractivity contribution in [3.8, 4) is 0 Å². The molecule has 2 aliphatic carbocycles. The lowest BCUT2D eigenvalue weighted by molar-refractivity contribution is -0.140. The number of esters is 1. The molecule has 2 heteroatoms. The third-order valence-corrected chi connectivity index (χ3v) is 4.86. The van der Waals surface area contributed by atoms with Crippen LogP contribution in [0.5, 0.6) is 0 Å². The minimum atomic E-state index is -0.155. The molecular weight excluding hydrogens is 212 g/mol. The van der Waals surface area contributed by atoms with Crippen LogP contribution in [0.25, 0.3) is 0 Å². The number of ether oxygens (including phenoxy) is 1. The zero-order valence-electron chi connectivity index (χ0n) is 10.4.